The van der Waals surface area contributed by atoms with Crippen LogP contribution in [0.3, 0.4) is 0 Å². The smallest absolute Gasteiger partial charge is 0.274 e. The van der Waals surface area contributed by atoms with E-state index in [4.69, 9.17) is 0 Å². The van der Waals surface area contributed by atoms with Gasteiger partial charge in [-0.1, -0.05) is 6.42 Å². The maximum absolute atomic E-state index is 10.7. The van der Waals surface area contributed by atoms with Gasteiger partial charge in [-0.05, 0) is 37.0 Å². The van der Waals surface area contributed by atoms with E-state index in [1.807, 2.05) is 0 Å². The van der Waals surface area contributed by atoms with Gasteiger partial charge < -0.3 is 5.32 Å². The van der Waals surface area contributed by atoms with Crippen LogP contribution in [0.4, 0.5) is 11.5 Å². The number of nitrogens with zero attached hydrogens (tertiary/aromatic N) is 2. The highest BCUT2D eigenvalue weighted by atomic mass is 16.6. The van der Waals surface area contributed by atoms with Crippen LogP contribution in [0, 0.1) is 27.9 Å². The van der Waals surface area contributed by atoms with Crippen molar-refractivity contribution in [1.82, 2.24) is 4.98 Å². The summed E-state index contributed by atoms with van der Waals surface area (Å²) in [7, 11) is 0. The average molecular weight is 247 g/mol. The summed E-state index contributed by atoms with van der Waals surface area (Å²) in [6.07, 6.45) is 6.94. The molecule has 0 aromatic carbocycles. The van der Waals surface area contributed by atoms with Gasteiger partial charge in [0.2, 0.25) is 0 Å². The van der Waals surface area contributed by atoms with Crippen molar-refractivity contribution in [3.63, 3.8) is 0 Å². The largest absolute Gasteiger partial charge is 0.370 e. The molecule has 0 spiro atoms. The highest BCUT2D eigenvalue weighted by Gasteiger charge is 2.39. The van der Waals surface area contributed by atoms with Crippen LogP contribution in [0.25, 0.3) is 0 Å². The molecule has 1 aromatic rings. The number of rotatable bonds is 4. The topological polar surface area (TPSA) is 68.1 Å². The van der Waals surface area contributed by atoms with Crippen LogP contribution in [0.5, 0.6) is 0 Å². The minimum atomic E-state index is -0.385. The summed E-state index contributed by atoms with van der Waals surface area (Å²) < 4.78 is 0. The summed E-state index contributed by atoms with van der Waals surface area (Å²) in [4.78, 5) is 14.4. The van der Waals surface area contributed by atoms with E-state index in [0.29, 0.717) is 5.82 Å². The third kappa shape index (κ3) is 2.17. The molecule has 2 bridgehead atoms. The lowest BCUT2D eigenvalue weighted by atomic mass is 9.89. The number of nitrogens with one attached hydrogen (secondary N) is 1. The Morgan fingerprint density at radius 2 is 2.33 bits per heavy atom. The van der Waals surface area contributed by atoms with E-state index in [0.717, 1.165) is 24.3 Å². The third-order valence-electron chi connectivity index (χ3n) is 4.38. The zero-order chi connectivity index (χ0) is 12.5. The summed E-state index contributed by atoms with van der Waals surface area (Å²) in [5.74, 6) is 3.14. The van der Waals surface area contributed by atoms with Crippen molar-refractivity contribution < 1.29 is 4.92 Å². The van der Waals surface area contributed by atoms with Gasteiger partial charge >= 0.3 is 0 Å². The van der Waals surface area contributed by atoms with Gasteiger partial charge in [0, 0.05) is 18.8 Å². The van der Waals surface area contributed by atoms with E-state index >= 15 is 0 Å². The Hall–Kier alpha value is -1.65. The minimum Gasteiger partial charge on any atom is -0.370 e. The predicted molar refractivity (Wildman–Crippen MR) is 68.3 cm³/mol. The SMILES string of the molecule is O=[N+]([O-])c1ccnc(NCC2CC3CCC2C3)c1. The first-order chi connectivity index (χ1) is 8.72. The molecule has 1 aromatic heterocycles. The summed E-state index contributed by atoms with van der Waals surface area (Å²) in [5.41, 5.74) is 0.0976. The molecule has 2 aliphatic carbocycles. The number of pyridine rings is 1. The van der Waals surface area contributed by atoms with Crippen molar-refractivity contribution in [1.29, 1.82) is 0 Å². The van der Waals surface area contributed by atoms with E-state index in [-0.39, 0.29) is 10.6 Å². The molecule has 0 radical (unpaired) electrons. The van der Waals surface area contributed by atoms with Crippen LogP contribution in [0.15, 0.2) is 18.3 Å². The lowest BCUT2D eigenvalue weighted by molar-refractivity contribution is -0.384. The molecule has 96 valence electrons. The molecule has 3 atom stereocenters. The molecular weight excluding hydrogens is 230 g/mol. The monoisotopic (exact) mass is 247 g/mol. The first kappa shape index (κ1) is 11.4. The minimum absolute atomic E-state index is 0.0976. The van der Waals surface area contributed by atoms with Crippen LogP contribution in [0.1, 0.15) is 25.7 Å². The third-order valence-corrected chi connectivity index (χ3v) is 4.38. The van der Waals surface area contributed by atoms with E-state index in [9.17, 15) is 10.1 Å². The molecule has 2 saturated carbocycles. The second-order valence-corrected chi connectivity index (χ2v) is 5.47. The second-order valence-electron chi connectivity index (χ2n) is 5.47. The summed E-state index contributed by atoms with van der Waals surface area (Å²) >= 11 is 0. The Balaban J connectivity index is 1.60. The number of nitro groups is 1. The molecule has 5 nitrogen and oxygen atoms in total. The molecule has 2 fully saturated rings. The van der Waals surface area contributed by atoms with Crippen molar-refractivity contribution in [2.45, 2.75) is 25.7 Å². The van der Waals surface area contributed by atoms with Crippen LogP contribution >= 0.6 is 0 Å². The van der Waals surface area contributed by atoms with Gasteiger partial charge in [0.15, 0.2) is 0 Å². The van der Waals surface area contributed by atoms with E-state index in [1.54, 1.807) is 0 Å². The summed E-state index contributed by atoms with van der Waals surface area (Å²) in [6.45, 7) is 0.898. The van der Waals surface area contributed by atoms with E-state index < -0.39 is 0 Å². The number of fused-ring (bicyclic) bond motifs is 2. The molecule has 1 N–H and O–H groups in total. The van der Waals surface area contributed by atoms with Crippen molar-refractivity contribution >= 4 is 11.5 Å². The number of hydrogen-bond acceptors (Lipinski definition) is 4. The standard InChI is InChI=1S/C13H17N3O2/c17-16(18)12-3-4-14-13(7-12)15-8-11-6-9-1-2-10(11)5-9/h3-4,7,9-11H,1-2,5-6,8H2,(H,14,15). The molecule has 5 heteroatoms. The first-order valence-electron chi connectivity index (χ1n) is 6.56. The fraction of sp³-hybridized carbons (Fsp3) is 0.615. The maximum atomic E-state index is 10.7. The van der Waals surface area contributed by atoms with Crippen LogP contribution in [0.2, 0.25) is 0 Å². The molecule has 2 aliphatic rings. The van der Waals surface area contributed by atoms with Gasteiger partial charge in [-0.2, -0.15) is 0 Å². The summed E-state index contributed by atoms with van der Waals surface area (Å²) in [6, 6.07) is 2.93. The van der Waals surface area contributed by atoms with Gasteiger partial charge in [0.1, 0.15) is 5.82 Å². The van der Waals surface area contributed by atoms with Crippen molar-refractivity contribution in [3.8, 4) is 0 Å². The van der Waals surface area contributed by atoms with Gasteiger partial charge in [-0.25, -0.2) is 4.98 Å². The van der Waals surface area contributed by atoms with Gasteiger partial charge in [-0.3, -0.25) is 10.1 Å². The zero-order valence-corrected chi connectivity index (χ0v) is 10.2. The van der Waals surface area contributed by atoms with Crippen molar-refractivity contribution in [2.75, 3.05) is 11.9 Å². The zero-order valence-electron chi connectivity index (χ0n) is 10.2. The molecule has 1 heterocycles. The molecule has 3 rings (SSSR count). The molecular formula is C13H17N3O2. The van der Waals surface area contributed by atoms with Crippen molar-refractivity contribution in [3.05, 3.63) is 28.4 Å². The average Bonchev–Trinajstić information content (AvgIpc) is 2.99. The number of hydrogen-bond donors (Lipinski definition) is 1. The Morgan fingerprint density at radius 3 is 3.00 bits per heavy atom. The number of aromatic nitrogens is 1. The quantitative estimate of drug-likeness (QED) is 0.656. The lowest BCUT2D eigenvalue weighted by Crippen LogP contribution is -2.20. The van der Waals surface area contributed by atoms with Crippen LogP contribution < -0.4 is 5.32 Å². The molecule has 18 heavy (non-hydrogen) atoms. The van der Waals surface area contributed by atoms with Gasteiger partial charge in [0.25, 0.3) is 5.69 Å². The van der Waals surface area contributed by atoms with E-state index in [1.165, 1.54) is 44.0 Å². The maximum Gasteiger partial charge on any atom is 0.274 e. The van der Waals surface area contributed by atoms with Crippen LogP contribution in [-0.4, -0.2) is 16.5 Å². The first-order valence-corrected chi connectivity index (χ1v) is 6.56. The molecule has 3 unspecified atom stereocenters. The highest BCUT2D eigenvalue weighted by molar-refractivity contribution is 5.44. The lowest BCUT2D eigenvalue weighted by Gasteiger charge is -2.21. The molecule has 0 saturated heterocycles. The van der Waals surface area contributed by atoms with Gasteiger partial charge in [0.05, 0.1) is 11.0 Å². The predicted octanol–water partition coefficient (Wildman–Crippen LogP) is 2.84. The number of anilines is 1. The summed E-state index contributed by atoms with van der Waals surface area (Å²) in [5, 5.41) is 13.9. The fourth-order valence-electron chi connectivity index (χ4n) is 3.49. The van der Waals surface area contributed by atoms with E-state index in [2.05, 4.69) is 10.3 Å². The van der Waals surface area contributed by atoms with Gasteiger partial charge in [-0.15, -0.1) is 0 Å². The molecule has 0 amide bonds. The second kappa shape index (κ2) is 4.55. The van der Waals surface area contributed by atoms with Crippen LogP contribution in [-0.2, 0) is 0 Å². The Morgan fingerprint density at radius 1 is 1.44 bits per heavy atom. The van der Waals surface area contributed by atoms with Crippen molar-refractivity contribution in [2.24, 2.45) is 17.8 Å². The molecule has 0 aliphatic heterocycles. The fourth-order valence-corrected chi connectivity index (χ4v) is 3.49. The Bertz CT molecular complexity index is 463. The Kier molecular flexibility index (Phi) is 2.89. The normalized spacial score (nSPS) is 29.4. The highest BCUT2D eigenvalue weighted by Crippen LogP contribution is 2.48. The Labute approximate surface area is 106 Å².